The van der Waals surface area contributed by atoms with Crippen molar-refractivity contribution in [2.45, 2.75) is 45.1 Å². The second-order valence-electron chi connectivity index (χ2n) is 3.95. The number of hydrogen-bond donors (Lipinski definition) is 0. The highest BCUT2D eigenvalue weighted by Gasteiger charge is 2.24. The average Bonchev–Trinajstić information content (AvgIpc) is 2.50. The normalized spacial score (nSPS) is 25.3. The molecule has 0 spiro atoms. The maximum atomic E-state index is 11.0. The summed E-state index contributed by atoms with van der Waals surface area (Å²) in [7, 11) is 0. The third-order valence-corrected chi connectivity index (χ3v) is 2.65. The van der Waals surface area contributed by atoms with Crippen LogP contribution in [0.25, 0.3) is 0 Å². The first-order chi connectivity index (χ1) is 7.25. The summed E-state index contributed by atoms with van der Waals surface area (Å²) >= 11 is 0. The van der Waals surface area contributed by atoms with E-state index in [1.54, 1.807) is 0 Å². The molecule has 1 saturated heterocycles. The topological polar surface area (TPSA) is 35.5 Å². The number of fused-ring (bicyclic) bond motifs is 2. The van der Waals surface area contributed by atoms with Crippen LogP contribution in [0.15, 0.2) is 23.7 Å². The van der Waals surface area contributed by atoms with E-state index in [0.29, 0.717) is 0 Å². The van der Waals surface area contributed by atoms with Crippen molar-refractivity contribution < 1.29 is 14.3 Å². The van der Waals surface area contributed by atoms with Crippen molar-refractivity contribution in [3.63, 3.8) is 0 Å². The lowest BCUT2D eigenvalue weighted by atomic mass is 10.1. The van der Waals surface area contributed by atoms with Crippen LogP contribution in [0.2, 0.25) is 0 Å². The van der Waals surface area contributed by atoms with Gasteiger partial charge in [-0.15, -0.1) is 0 Å². The molecule has 0 saturated carbocycles. The molecule has 3 heteroatoms. The van der Waals surface area contributed by atoms with Crippen LogP contribution in [-0.4, -0.2) is 12.1 Å². The van der Waals surface area contributed by atoms with E-state index in [1.807, 2.05) is 6.08 Å². The zero-order valence-electron chi connectivity index (χ0n) is 8.99. The van der Waals surface area contributed by atoms with Crippen LogP contribution in [0, 0.1) is 0 Å². The number of allylic oxidation sites excluding steroid dienone is 3. The Morgan fingerprint density at radius 1 is 1.47 bits per heavy atom. The predicted molar refractivity (Wildman–Crippen MR) is 55.9 cm³/mol. The SMILES string of the molecule is CC(=O)O[C@@H]1CCCC2=CCCC=C1O2. The van der Waals surface area contributed by atoms with Gasteiger partial charge < -0.3 is 9.47 Å². The first-order valence-corrected chi connectivity index (χ1v) is 5.50. The number of esters is 1. The van der Waals surface area contributed by atoms with E-state index in [2.05, 4.69) is 6.08 Å². The zero-order chi connectivity index (χ0) is 10.7. The van der Waals surface area contributed by atoms with Crippen molar-refractivity contribution in [1.82, 2.24) is 0 Å². The third-order valence-electron chi connectivity index (χ3n) is 2.65. The zero-order valence-corrected chi connectivity index (χ0v) is 8.99. The summed E-state index contributed by atoms with van der Waals surface area (Å²) in [6.45, 7) is 1.44. The van der Waals surface area contributed by atoms with Gasteiger partial charge in [0.1, 0.15) is 5.76 Å². The lowest BCUT2D eigenvalue weighted by Crippen LogP contribution is -2.18. The van der Waals surface area contributed by atoms with Crippen LogP contribution < -0.4 is 0 Å². The van der Waals surface area contributed by atoms with E-state index in [9.17, 15) is 4.79 Å². The largest absolute Gasteiger partial charge is 0.463 e. The molecule has 0 amide bonds. The molecule has 0 radical (unpaired) electrons. The number of carbonyl (C=O) groups excluding carboxylic acids is 1. The van der Waals surface area contributed by atoms with Gasteiger partial charge in [0.05, 0.1) is 5.76 Å². The molecule has 0 aromatic carbocycles. The third kappa shape index (κ3) is 2.61. The molecule has 3 nitrogen and oxygen atoms in total. The minimum Gasteiger partial charge on any atom is -0.463 e. The van der Waals surface area contributed by atoms with Gasteiger partial charge in [0.2, 0.25) is 0 Å². The molecule has 1 fully saturated rings. The van der Waals surface area contributed by atoms with Crippen molar-refractivity contribution in [3.05, 3.63) is 23.7 Å². The lowest BCUT2D eigenvalue weighted by Gasteiger charge is -2.16. The Bertz CT molecular complexity index is 315. The van der Waals surface area contributed by atoms with E-state index in [4.69, 9.17) is 9.47 Å². The lowest BCUT2D eigenvalue weighted by molar-refractivity contribution is -0.146. The monoisotopic (exact) mass is 208 g/mol. The molecular formula is C12H16O3. The fourth-order valence-corrected chi connectivity index (χ4v) is 1.98. The smallest absolute Gasteiger partial charge is 0.303 e. The fraction of sp³-hybridized carbons (Fsp3) is 0.583. The van der Waals surface area contributed by atoms with Gasteiger partial charge in [-0.1, -0.05) is 0 Å². The molecule has 0 aromatic rings. The highest BCUT2D eigenvalue weighted by atomic mass is 16.6. The summed E-state index contributed by atoms with van der Waals surface area (Å²) in [4.78, 5) is 11.0. The Morgan fingerprint density at radius 3 is 3.07 bits per heavy atom. The summed E-state index contributed by atoms with van der Waals surface area (Å²) in [5.74, 6) is 1.63. The molecule has 2 bridgehead atoms. The van der Waals surface area contributed by atoms with Crippen molar-refractivity contribution in [3.8, 4) is 0 Å². The Kier molecular flexibility index (Phi) is 3.09. The number of ether oxygens (including phenoxy) is 2. The maximum Gasteiger partial charge on any atom is 0.303 e. The molecule has 0 aliphatic carbocycles. The van der Waals surface area contributed by atoms with Crippen molar-refractivity contribution in [2.24, 2.45) is 0 Å². The average molecular weight is 208 g/mol. The molecule has 82 valence electrons. The van der Waals surface area contributed by atoms with Gasteiger partial charge >= 0.3 is 5.97 Å². The molecule has 1 atom stereocenters. The Labute approximate surface area is 89.8 Å². The van der Waals surface area contributed by atoms with E-state index < -0.39 is 0 Å². The van der Waals surface area contributed by atoms with Crippen molar-refractivity contribution in [2.75, 3.05) is 0 Å². The van der Waals surface area contributed by atoms with Gasteiger partial charge in [-0.2, -0.15) is 0 Å². The van der Waals surface area contributed by atoms with Crippen LogP contribution in [0.5, 0.6) is 0 Å². The van der Waals surface area contributed by atoms with Crippen LogP contribution in [0.3, 0.4) is 0 Å². The first-order valence-electron chi connectivity index (χ1n) is 5.50. The molecule has 2 rings (SSSR count). The Morgan fingerprint density at radius 2 is 2.27 bits per heavy atom. The molecular weight excluding hydrogens is 192 g/mol. The predicted octanol–water partition coefficient (Wildman–Crippen LogP) is 2.68. The van der Waals surface area contributed by atoms with E-state index in [-0.39, 0.29) is 12.1 Å². The number of carbonyl (C=O) groups is 1. The molecule has 0 N–H and O–H groups in total. The highest BCUT2D eigenvalue weighted by molar-refractivity contribution is 5.66. The van der Waals surface area contributed by atoms with Gasteiger partial charge in [-0.3, -0.25) is 4.79 Å². The quantitative estimate of drug-likeness (QED) is 0.621. The van der Waals surface area contributed by atoms with Crippen LogP contribution >= 0.6 is 0 Å². The molecule has 0 aromatic heterocycles. The van der Waals surface area contributed by atoms with Gasteiger partial charge in [0.15, 0.2) is 6.10 Å². The van der Waals surface area contributed by atoms with Crippen molar-refractivity contribution in [1.29, 1.82) is 0 Å². The molecule has 2 aliphatic heterocycles. The number of hydrogen-bond acceptors (Lipinski definition) is 3. The second kappa shape index (κ2) is 4.51. The highest BCUT2D eigenvalue weighted by Crippen LogP contribution is 2.29. The maximum absolute atomic E-state index is 11.0. The van der Waals surface area contributed by atoms with Crippen LogP contribution in [0.4, 0.5) is 0 Å². The van der Waals surface area contributed by atoms with Crippen LogP contribution in [-0.2, 0) is 14.3 Å². The fourth-order valence-electron chi connectivity index (χ4n) is 1.98. The Hall–Kier alpha value is -1.25. The van der Waals surface area contributed by atoms with E-state index >= 15 is 0 Å². The van der Waals surface area contributed by atoms with Gasteiger partial charge in [-0.25, -0.2) is 0 Å². The molecule has 0 unspecified atom stereocenters. The Balaban J connectivity index is 2.15. The summed E-state index contributed by atoms with van der Waals surface area (Å²) in [6, 6.07) is 0. The first kappa shape index (κ1) is 10.3. The van der Waals surface area contributed by atoms with Crippen molar-refractivity contribution >= 4 is 5.97 Å². The summed E-state index contributed by atoms with van der Waals surface area (Å²) < 4.78 is 11.0. The van der Waals surface area contributed by atoms with E-state index in [1.165, 1.54) is 6.92 Å². The molecule has 2 heterocycles. The van der Waals surface area contributed by atoms with Gasteiger partial charge in [0, 0.05) is 13.3 Å². The number of rotatable bonds is 1. The van der Waals surface area contributed by atoms with Gasteiger partial charge in [-0.05, 0) is 37.8 Å². The second-order valence-corrected chi connectivity index (χ2v) is 3.95. The minimum absolute atomic E-state index is 0.175. The minimum atomic E-state index is -0.235. The van der Waals surface area contributed by atoms with E-state index in [0.717, 1.165) is 43.6 Å². The standard InChI is InChI=1S/C12H16O3/c1-9(13)14-11-8-4-6-10-5-2-3-7-12(11)15-10/h5,7,11H,2-4,6,8H2,1H3/t11-/m1/s1. The summed E-state index contributed by atoms with van der Waals surface area (Å²) in [6.07, 6.45) is 8.83. The van der Waals surface area contributed by atoms with Crippen LogP contribution in [0.1, 0.15) is 39.0 Å². The summed E-state index contributed by atoms with van der Waals surface area (Å²) in [5.41, 5.74) is 0. The molecule has 15 heavy (non-hydrogen) atoms. The molecule has 2 aliphatic rings. The van der Waals surface area contributed by atoms with Gasteiger partial charge in [0.25, 0.3) is 0 Å². The summed E-state index contributed by atoms with van der Waals surface area (Å²) in [5, 5.41) is 0.